The van der Waals surface area contributed by atoms with E-state index in [4.69, 9.17) is 0 Å². The van der Waals surface area contributed by atoms with Gasteiger partial charge in [-0.2, -0.15) is 0 Å². The van der Waals surface area contributed by atoms with Crippen LogP contribution in [0.4, 0.5) is 0 Å². The van der Waals surface area contributed by atoms with Gasteiger partial charge in [0.2, 0.25) is 0 Å². The molecule has 0 saturated heterocycles. The van der Waals surface area contributed by atoms with Gasteiger partial charge in [0.05, 0.1) is 0 Å². The molecule has 0 aliphatic rings. The topological polar surface area (TPSA) is 0 Å². The standard InChI is InChI=1S/C23H24/c1-15-8-16(2)10-21(9-15)23-12-17(3)11-22(14-23)20-7-6-18(4)19(5)13-20/h6-14H,1-5H3. The van der Waals surface area contributed by atoms with Crippen LogP contribution < -0.4 is 0 Å². The Morgan fingerprint density at radius 2 is 0.870 bits per heavy atom. The summed E-state index contributed by atoms with van der Waals surface area (Å²) in [5.41, 5.74) is 11.8. The first kappa shape index (κ1) is 15.6. The predicted molar refractivity (Wildman–Crippen MR) is 101 cm³/mol. The van der Waals surface area contributed by atoms with E-state index >= 15 is 0 Å². The summed E-state index contributed by atoms with van der Waals surface area (Å²) in [7, 11) is 0. The van der Waals surface area contributed by atoms with E-state index in [1.54, 1.807) is 0 Å². The zero-order chi connectivity index (χ0) is 16.6. The van der Waals surface area contributed by atoms with Gasteiger partial charge < -0.3 is 0 Å². The molecule has 23 heavy (non-hydrogen) atoms. The molecule has 3 aromatic rings. The van der Waals surface area contributed by atoms with Crippen molar-refractivity contribution in [3.05, 3.63) is 82.4 Å². The zero-order valence-electron chi connectivity index (χ0n) is 14.7. The van der Waals surface area contributed by atoms with Crippen molar-refractivity contribution in [1.82, 2.24) is 0 Å². The SMILES string of the molecule is Cc1cc(C)cc(-c2cc(C)cc(-c3ccc(C)c(C)c3)c2)c1. The molecule has 0 unspecified atom stereocenters. The van der Waals surface area contributed by atoms with Crippen molar-refractivity contribution >= 4 is 0 Å². The van der Waals surface area contributed by atoms with Gasteiger partial charge in [0.1, 0.15) is 0 Å². The second kappa shape index (κ2) is 6.04. The molecule has 0 radical (unpaired) electrons. The number of benzene rings is 3. The Morgan fingerprint density at radius 1 is 0.391 bits per heavy atom. The highest BCUT2D eigenvalue weighted by Crippen LogP contribution is 2.30. The quantitative estimate of drug-likeness (QED) is 0.502. The highest BCUT2D eigenvalue weighted by molar-refractivity contribution is 5.75. The van der Waals surface area contributed by atoms with Crippen molar-refractivity contribution in [2.45, 2.75) is 34.6 Å². The molecular formula is C23H24. The summed E-state index contributed by atoms with van der Waals surface area (Å²) in [6.07, 6.45) is 0. The highest BCUT2D eigenvalue weighted by atomic mass is 14.1. The van der Waals surface area contributed by atoms with Crippen molar-refractivity contribution < 1.29 is 0 Å². The zero-order valence-corrected chi connectivity index (χ0v) is 14.7. The van der Waals surface area contributed by atoms with E-state index in [0.29, 0.717) is 0 Å². The largest absolute Gasteiger partial charge is 0.0584 e. The lowest BCUT2D eigenvalue weighted by Crippen LogP contribution is -1.88. The number of hydrogen-bond acceptors (Lipinski definition) is 0. The molecule has 0 saturated carbocycles. The van der Waals surface area contributed by atoms with Crippen LogP contribution in [0.2, 0.25) is 0 Å². The van der Waals surface area contributed by atoms with Crippen molar-refractivity contribution in [3.63, 3.8) is 0 Å². The van der Waals surface area contributed by atoms with Crippen LogP contribution in [0.5, 0.6) is 0 Å². The molecule has 0 fully saturated rings. The van der Waals surface area contributed by atoms with Gasteiger partial charge in [0.25, 0.3) is 0 Å². The molecule has 0 aliphatic heterocycles. The van der Waals surface area contributed by atoms with E-state index < -0.39 is 0 Å². The van der Waals surface area contributed by atoms with Crippen LogP contribution in [-0.2, 0) is 0 Å². The first-order valence-corrected chi connectivity index (χ1v) is 8.20. The first-order valence-electron chi connectivity index (χ1n) is 8.20. The van der Waals surface area contributed by atoms with Gasteiger partial charge in [-0.25, -0.2) is 0 Å². The Morgan fingerprint density at radius 3 is 1.43 bits per heavy atom. The molecule has 3 rings (SSSR count). The second-order valence-electron chi connectivity index (χ2n) is 6.76. The maximum Gasteiger partial charge on any atom is -0.0175 e. The minimum Gasteiger partial charge on any atom is -0.0584 e. The fraction of sp³-hybridized carbons (Fsp3) is 0.217. The van der Waals surface area contributed by atoms with Crippen LogP contribution in [-0.4, -0.2) is 0 Å². The second-order valence-corrected chi connectivity index (χ2v) is 6.76. The summed E-state index contributed by atoms with van der Waals surface area (Å²) in [6.45, 7) is 10.8. The van der Waals surface area contributed by atoms with Gasteiger partial charge >= 0.3 is 0 Å². The van der Waals surface area contributed by atoms with Gasteiger partial charge in [-0.1, -0.05) is 59.7 Å². The third-order valence-corrected chi connectivity index (χ3v) is 4.47. The highest BCUT2D eigenvalue weighted by Gasteiger charge is 2.06. The first-order chi connectivity index (χ1) is 10.9. The monoisotopic (exact) mass is 300 g/mol. The summed E-state index contributed by atoms with van der Waals surface area (Å²) in [4.78, 5) is 0. The maximum absolute atomic E-state index is 2.31. The molecule has 0 bridgehead atoms. The van der Waals surface area contributed by atoms with E-state index in [0.717, 1.165) is 0 Å². The Kier molecular flexibility index (Phi) is 4.09. The van der Waals surface area contributed by atoms with Crippen molar-refractivity contribution in [2.75, 3.05) is 0 Å². The average molecular weight is 300 g/mol. The Balaban J connectivity index is 2.13. The summed E-state index contributed by atoms with van der Waals surface area (Å²) in [5.74, 6) is 0. The van der Waals surface area contributed by atoms with E-state index in [1.807, 2.05) is 0 Å². The average Bonchev–Trinajstić information content (AvgIpc) is 2.48. The third kappa shape index (κ3) is 3.37. The van der Waals surface area contributed by atoms with Crippen LogP contribution in [0.1, 0.15) is 27.8 Å². The number of aryl methyl sites for hydroxylation is 5. The fourth-order valence-electron chi connectivity index (χ4n) is 3.18. The van der Waals surface area contributed by atoms with Gasteiger partial charge in [-0.3, -0.25) is 0 Å². The lowest BCUT2D eigenvalue weighted by molar-refractivity contribution is 1.34. The van der Waals surface area contributed by atoms with E-state index in [-0.39, 0.29) is 0 Å². The molecule has 0 N–H and O–H groups in total. The van der Waals surface area contributed by atoms with Crippen LogP contribution >= 0.6 is 0 Å². The van der Waals surface area contributed by atoms with Crippen molar-refractivity contribution in [1.29, 1.82) is 0 Å². The summed E-state index contributed by atoms with van der Waals surface area (Å²) < 4.78 is 0. The number of rotatable bonds is 2. The molecule has 116 valence electrons. The van der Waals surface area contributed by atoms with Crippen LogP contribution in [0.25, 0.3) is 22.3 Å². The lowest BCUT2D eigenvalue weighted by atomic mass is 9.94. The Bertz CT molecular complexity index is 849. The van der Waals surface area contributed by atoms with Crippen LogP contribution in [0, 0.1) is 34.6 Å². The van der Waals surface area contributed by atoms with Gasteiger partial charge in [0.15, 0.2) is 0 Å². The third-order valence-electron chi connectivity index (χ3n) is 4.47. The lowest BCUT2D eigenvalue weighted by Gasteiger charge is -2.11. The molecular weight excluding hydrogens is 276 g/mol. The molecule has 0 heterocycles. The molecule has 0 nitrogen and oxygen atoms in total. The molecule has 0 atom stereocenters. The predicted octanol–water partition coefficient (Wildman–Crippen LogP) is 6.56. The van der Waals surface area contributed by atoms with Crippen molar-refractivity contribution in [2.24, 2.45) is 0 Å². The van der Waals surface area contributed by atoms with E-state index in [1.165, 1.54) is 50.1 Å². The molecule has 0 spiro atoms. The summed E-state index contributed by atoms with van der Waals surface area (Å²) in [6, 6.07) is 20.4. The summed E-state index contributed by atoms with van der Waals surface area (Å²) >= 11 is 0. The smallest absolute Gasteiger partial charge is 0.0175 e. The molecule has 0 amide bonds. The normalized spacial score (nSPS) is 10.8. The van der Waals surface area contributed by atoms with Gasteiger partial charge in [-0.05, 0) is 79.6 Å². The molecule has 0 heteroatoms. The van der Waals surface area contributed by atoms with Gasteiger partial charge in [-0.15, -0.1) is 0 Å². The minimum atomic E-state index is 1.29. The summed E-state index contributed by atoms with van der Waals surface area (Å²) in [5, 5.41) is 0. The maximum atomic E-state index is 2.31. The minimum absolute atomic E-state index is 1.29. The number of hydrogen-bond donors (Lipinski definition) is 0. The van der Waals surface area contributed by atoms with Gasteiger partial charge in [0, 0.05) is 0 Å². The van der Waals surface area contributed by atoms with E-state index in [9.17, 15) is 0 Å². The molecule has 0 aromatic heterocycles. The fourth-order valence-corrected chi connectivity index (χ4v) is 3.18. The van der Waals surface area contributed by atoms with Crippen molar-refractivity contribution in [3.8, 4) is 22.3 Å². The van der Waals surface area contributed by atoms with Crippen LogP contribution in [0.15, 0.2) is 54.6 Å². The Hall–Kier alpha value is -2.34. The molecule has 3 aromatic carbocycles. The molecule has 0 aliphatic carbocycles. The van der Waals surface area contributed by atoms with Crippen LogP contribution in [0.3, 0.4) is 0 Å². The van der Waals surface area contributed by atoms with E-state index in [2.05, 4.69) is 89.2 Å². The Labute approximate surface area is 139 Å².